The van der Waals surface area contributed by atoms with Crippen LogP contribution in [0.4, 0.5) is 13.2 Å². The Balaban J connectivity index is 3.41. The first-order valence-electron chi connectivity index (χ1n) is 3.38. The van der Waals surface area contributed by atoms with Crippen LogP contribution in [0.15, 0.2) is 0 Å². The second-order valence-corrected chi connectivity index (χ2v) is 2.54. The van der Waals surface area contributed by atoms with Gasteiger partial charge in [-0.1, -0.05) is 0 Å². The topological polar surface area (TPSA) is 41.6 Å². The summed E-state index contributed by atoms with van der Waals surface area (Å²) in [5.41, 5.74) is -1.31. The Hall–Kier alpha value is -1.51. The van der Waals surface area contributed by atoms with Gasteiger partial charge in [0.1, 0.15) is 11.6 Å². The average molecular weight is 189 g/mol. The number of rotatable bonds is 0. The molecule has 1 aromatic heterocycles. The van der Waals surface area contributed by atoms with Gasteiger partial charge in [0.05, 0.1) is 5.69 Å². The normalized spacial score (nSPS) is 11.4. The van der Waals surface area contributed by atoms with Crippen molar-refractivity contribution in [3.63, 3.8) is 0 Å². The van der Waals surface area contributed by atoms with E-state index in [0.717, 1.165) is 4.68 Å². The summed E-state index contributed by atoms with van der Waals surface area (Å²) >= 11 is 0. The summed E-state index contributed by atoms with van der Waals surface area (Å²) in [7, 11) is 1.37. The molecular weight excluding hydrogens is 183 g/mol. The summed E-state index contributed by atoms with van der Waals surface area (Å²) in [6, 6.07) is 1.49. The maximum absolute atomic E-state index is 12.2. The predicted octanol–water partition coefficient (Wildman–Crippen LogP) is 1.62. The van der Waals surface area contributed by atoms with Gasteiger partial charge in [-0.15, -0.1) is 0 Å². The zero-order valence-corrected chi connectivity index (χ0v) is 6.98. The van der Waals surface area contributed by atoms with Gasteiger partial charge in [-0.2, -0.15) is 23.5 Å². The first kappa shape index (κ1) is 9.58. The van der Waals surface area contributed by atoms with Crippen LogP contribution in [0.25, 0.3) is 0 Å². The molecule has 1 heterocycles. The lowest BCUT2D eigenvalue weighted by atomic mass is 10.2. The van der Waals surface area contributed by atoms with Crippen molar-refractivity contribution in [1.82, 2.24) is 9.78 Å². The largest absolute Gasteiger partial charge is 0.436 e. The lowest BCUT2D eigenvalue weighted by molar-refractivity contribution is -0.141. The second-order valence-electron chi connectivity index (χ2n) is 2.54. The van der Waals surface area contributed by atoms with E-state index in [-0.39, 0.29) is 5.69 Å². The summed E-state index contributed by atoms with van der Waals surface area (Å²) in [6.45, 7) is 1.42. The first-order chi connectivity index (χ1) is 5.88. The van der Waals surface area contributed by atoms with Crippen LogP contribution in [0, 0.1) is 18.3 Å². The lowest BCUT2D eigenvalue weighted by Crippen LogP contribution is -2.08. The zero-order valence-electron chi connectivity index (χ0n) is 6.98. The molecule has 1 rings (SSSR count). The Morgan fingerprint density at radius 1 is 1.46 bits per heavy atom. The van der Waals surface area contributed by atoms with Crippen molar-refractivity contribution in [2.75, 3.05) is 0 Å². The zero-order chi connectivity index (χ0) is 10.2. The van der Waals surface area contributed by atoms with Crippen LogP contribution >= 0.6 is 0 Å². The molecule has 1 aromatic rings. The fourth-order valence-corrected chi connectivity index (χ4v) is 0.940. The molecule has 70 valence electrons. The molecule has 0 fully saturated rings. The minimum Gasteiger partial charge on any atom is -0.271 e. The van der Waals surface area contributed by atoms with E-state index in [1.165, 1.54) is 20.0 Å². The maximum Gasteiger partial charge on any atom is 0.436 e. The molecule has 0 unspecified atom stereocenters. The minimum atomic E-state index is -4.56. The van der Waals surface area contributed by atoms with Crippen molar-refractivity contribution >= 4 is 0 Å². The van der Waals surface area contributed by atoms with Gasteiger partial charge < -0.3 is 0 Å². The number of alkyl halides is 3. The molecule has 0 N–H and O–H groups in total. The Kier molecular flexibility index (Phi) is 2.04. The van der Waals surface area contributed by atoms with Crippen LogP contribution in [0.1, 0.15) is 17.0 Å². The summed E-state index contributed by atoms with van der Waals surface area (Å²) in [4.78, 5) is 0. The van der Waals surface area contributed by atoms with Gasteiger partial charge in [-0.25, -0.2) is 0 Å². The van der Waals surface area contributed by atoms with E-state index in [1.54, 1.807) is 0 Å². The fourth-order valence-electron chi connectivity index (χ4n) is 0.940. The third-order valence-electron chi connectivity index (χ3n) is 1.71. The molecule has 0 aliphatic rings. The number of hydrogen-bond donors (Lipinski definition) is 0. The maximum atomic E-state index is 12.2. The molecule has 0 aliphatic carbocycles. The molecule has 0 bridgehead atoms. The monoisotopic (exact) mass is 189 g/mol. The molecule has 6 heteroatoms. The minimum absolute atomic E-state index is 0.217. The van der Waals surface area contributed by atoms with Crippen LogP contribution in [0.3, 0.4) is 0 Å². The number of aryl methyl sites for hydroxylation is 1. The highest BCUT2D eigenvalue weighted by Crippen LogP contribution is 2.31. The standard InChI is InChI=1S/C7H6F3N3/c1-4-5(3-11)6(7(8,9)10)12-13(4)2/h1-2H3. The highest BCUT2D eigenvalue weighted by Gasteiger charge is 2.38. The van der Waals surface area contributed by atoms with Crippen molar-refractivity contribution in [3.05, 3.63) is 17.0 Å². The number of hydrogen-bond acceptors (Lipinski definition) is 2. The molecule has 0 radical (unpaired) electrons. The summed E-state index contributed by atoms with van der Waals surface area (Å²) in [6.07, 6.45) is -4.56. The molecule has 0 saturated heterocycles. The van der Waals surface area contributed by atoms with E-state index in [1.807, 2.05) is 0 Å². The molecular formula is C7H6F3N3. The summed E-state index contributed by atoms with van der Waals surface area (Å²) < 4.78 is 37.6. The third-order valence-corrected chi connectivity index (χ3v) is 1.71. The van der Waals surface area contributed by atoms with Crippen LogP contribution in [0.2, 0.25) is 0 Å². The van der Waals surface area contributed by atoms with Crippen LogP contribution < -0.4 is 0 Å². The van der Waals surface area contributed by atoms with E-state index in [4.69, 9.17) is 5.26 Å². The third kappa shape index (κ3) is 1.49. The van der Waals surface area contributed by atoms with Gasteiger partial charge in [0.15, 0.2) is 5.69 Å². The lowest BCUT2D eigenvalue weighted by Gasteiger charge is -2.00. The number of nitrogens with zero attached hydrogens (tertiary/aromatic N) is 3. The quantitative estimate of drug-likeness (QED) is 0.622. The highest BCUT2D eigenvalue weighted by atomic mass is 19.4. The summed E-state index contributed by atoms with van der Waals surface area (Å²) in [5, 5.41) is 11.7. The van der Waals surface area contributed by atoms with Gasteiger partial charge in [0.25, 0.3) is 0 Å². The fraction of sp³-hybridized carbons (Fsp3) is 0.429. The molecule has 0 aliphatic heterocycles. The van der Waals surface area contributed by atoms with Crippen molar-refractivity contribution < 1.29 is 13.2 Å². The van der Waals surface area contributed by atoms with Crippen molar-refractivity contribution in [2.24, 2.45) is 7.05 Å². The van der Waals surface area contributed by atoms with Gasteiger partial charge >= 0.3 is 6.18 Å². The molecule has 0 atom stereocenters. The highest BCUT2D eigenvalue weighted by molar-refractivity contribution is 5.38. The SMILES string of the molecule is Cc1c(C#N)c(C(F)(F)F)nn1C. The van der Waals surface area contributed by atoms with Crippen molar-refractivity contribution in [3.8, 4) is 6.07 Å². The van der Waals surface area contributed by atoms with E-state index >= 15 is 0 Å². The van der Waals surface area contributed by atoms with Gasteiger partial charge in [-0.3, -0.25) is 4.68 Å². The van der Waals surface area contributed by atoms with E-state index < -0.39 is 17.4 Å². The average Bonchev–Trinajstić information content (AvgIpc) is 2.28. The molecule has 3 nitrogen and oxygen atoms in total. The van der Waals surface area contributed by atoms with Gasteiger partial charge in [0, 0.05) is 7.05 Å². The first-order valence-corrected chi connectivity index (χ1v) is 3.38. The van der Waals surface area contributed by atoms with E-state index in [0.29, 0.717) is 0 Å². The second kappa shape index (κ2) is 2.76. The summed E-state index contributed by atoms with van der Waals surface area (Å²) in [5.74, 6) is 0. The van der Waals surface area contributed by atoms with Crippen molar-refractivity contribution in [2.45, 2.75) is 13.1 Å². The van der Waals surface area contributed by atoms with Crippen molar-refractivity contribution in [1.29, 1.82) is 5.26 Å². The van der Waals surface area contributed by atoms with E-state index in [2.05, 4.69) is 5.10 Å². The van der Waals surface area contributed by atoms with Crippen LogP contribution in [0.5, 0.6) is 0 Å². The van der Waals surface area contributed by atoms with Crippen LogP contribution in [-0.2, 0) is 13.2 Å². The number of nitriles is 1. The molecule has 0 amide bonds. The molecule has 0 aromatic carbocycles. The Morgan fingerprint density at radius 2 is 2.00 bits per heavy atom. The molecule has 0 saturated carbocycles. The Labute approximate surface area is 72.4 Å². The Morgan fingerprint density at radius 3 is 2.31 bits per heavy atom. The Bertz CT molecular complexity index is 370. The predicted molar refractivity (Wildman–Crippen MR) is 37.7 cm³/mol. The number of aromatic nitrogens is 2. The van der Waals surface area contributed by atoms with Gasteiger partial charge in [-0.05, 0) is 6.92 Å². The van der Waals surface area contributed by atoms with E-state index in [9.17, 15) is 13.2 Å². The molecule has 13 heavy (non-hydrogen) atoms. The van der Waals surface area contributed by atoms with Gasteiger partial charge in [0.2, 0.25) is 0 Å². The van der Waals surface area contributed by atoms with Crippen LogP contribution in [-0.4, -0.2) is 9.78 Å². The number of halogens is 3. The smallest absolute Gasteiger partial charge is 0.271 e. The molecule has 0 spiro atoms.